The molecule has 0 saturated carbocycles. The van der Waals surface area contributed by atoms with Gasteiger partial charge in [-0.2, -0.15) is 0 Å². The van der Waals surface area contributed by atoms with Gasteiger partial charge in [0.25, 0.3) is 5.91 Å². The lowest BCUT2D eigenvalue weighted by atomic mass is 10.0. The molecule has 0 radical (unpaired) electrons. The van der Waals surface area contributed by atoms with Gasteiger partial charge in [-0.3, -0.25) is 9.69 Å². The van der Waals surface area contributed by atoms with E-state index in [0.717, 1.165) is 0 Å². The predicted molar refractivity (Wildman–Crippen MR) is 109 cm³/mol. The fourth-order valence-electron chi connectivity index (χ4n) is 3.03. The normalized spacial score (nSPS) is 24.9. The van der Waals surface area contributed by atoms with Crippen molar-refractivity contribution in [3.8, 4) is 0 Å². The van der Waals surface area contributed by atoms with Crippen molar-refractivity contribution in [2.24, 2.45) is 0 Å². The number of thioether (sulfide) groups is 1. The van der Waals surface area contributed by atoms with Crippen LogP contribution in [0.1, 0.15) is 13.8 Å². The number of nitrogens with zero attached hydrogens (tertiary/aromatic N) is 2. The quantitative estimate of drug-likeness (QED) is 0.544. The van der Waals surface area contributed by atoms with E-state index in [0.29, 0.717) is 20.7 Å². The molecule has 0 aromatic heterocycles. The molecule has 0 aliphatic carbocycles. The molecule has 3 atom stereocenters. The van der Waals surface area contributed by atoms with E-state index in [1.54, 1.807) is 36.9 Å². The molecule has 2 unspecified atom stereocenters. The van der Waals surface area contributed by atoms with Crippen molar-refractivity contribution < 1.29 is 14.7 Å². The fraction of sp³-hybridized carbons (Fsp3) is 0.312. The van der Waals surface area contributed by atoms with Crippen LogP contribution in [0, 0.1) is 0 Å². The predicted octanol–water partition coefficient (Wildman–Crippen LogP) is 4.35. The summed E-state index contributed by atoms with van der Waals surface area (Å²) in [7, 11) is 0. The number of carboxylic acids is 1. The maximum Gasteiger partial charge on any atom is 0.353 e. The van der Waals surface area contributed by atoms with Crippen LogP contribution in [0.4, 0.5) is 5.69 Å². The Balaban J connectivity index is 2.05. The van der Waals surface area contributed by atoms with Crippen LogP contribution in [0.25, 0.3) is 0 Å². The van der Waals surface area contributed by atoms with Crippen molar-refractivity contribution in [3.63, 3.8) is 0 Å². The summed E-state index contributed by atoms with van der Waals surface area (Å²) < 4.78 is 0. The maximum absolute atomic E-state index is 12.9. The number of fused-ring (bicyclic) bond motifs is 1. The number of anilines is 1. The van der Waals surface area contributed by atoms with E-state index in [1.807, 2.05) is 0 Å². The van der Waals surface area contributed by atoms with E-state index in [9.17, 15) is 14.7 Å². The van der Waals surface area contributed by atoms with Gasteiger partial charge in [0.05, 0.1) is 20.7 Å². The highest BCUT2D eigenvalue weighted by atomic mass is 35.5. The smallest absolute Gasteiger partial charge is 0.353 e. The van der Waals surface area contributed by atoms with E-state index < -0.39 is 23.3 Å². The first-order valence-corrected chi connectivity index (χ1v) is 10.00. The second-order valence-corrected chi connectivity index (χ2v) is 9.11. The van der Waals surface area contributed by atoms with Gasteiger partial charge in [0.15, 0.2) is 0 Å². The Morgan fingerprint density at radius 2 is 2.00 bits per heavy atom. The topological polar surface area (TPSA) is 60.9 Å². The van der Waals surface area contributed by atoms with Crippen LogP contribution in [0.15, 0.2) is 28.9 Å². The van der Waals surface area contributed by atoms with Gasteiger partial charge in [0.1, 0.15) is 17.1 Å². The zero-order valence-corrected chi connectivity index (χ0v) is 17.5. The van der Waals surface area contributed by atoms with E-state index in [-0.39, 0.29) is 16.0 Å². The molecule has 1 aromatic carbocycles. The fourth-order valence-corrected chi connectivity index (χ4v) is 5.31. The SMILES string of the molecule is CC(=S)N(c1cc(Cl)ccc1Cl)C1C(=O)N2C(C(=O)O)=C(Cl)C(C)S[C@H]12. The van der Waals surface area contributed by atoms with E-state index in [1.165, 1.54) is 16.7 Å². The van der Waals surface area contributed by atoms with E-state index >= 15 is 0 Å². The molecule has 1 amide bonds. The van der Waals surface area contributed by atoms with Crippen LogP contribution in [-0.4, -0.2) is 43.5 Å². The number of benzene rings is 1. The molecule has 0 spiro atoms. The Morgan fingerprint density at radius 1 is 1.35 bits per heavy atom. The molecule has 26 heavy (non-hydrogen) atoms. The van der Waals surface area contributed by atoms with Crippen LogP contribution < -0.4 is 4.90 Å². The Hall–Kier alpha value is -0.990. The highest BCUT2D eigenvalue weighted by Crippen LogP contribution is 2.48. The van der Waals surface area contributed by atoms with Crippen LogP contribution in [-0.2, 0) is 9.59 Å². The van der Waals surface area contributed by atoms with E-state index in [2.05, 4.69) is 0 Å². The third-order valence-electron chi connectivity index (χ3n) is 4.17. The molecule has 1 aromatic rings. The van der Waals surface area contributed by atoms with Gasteiger partial charge in [0.2, 0.25) is 0 Å². The molecule has 1 N–H and O–H groups in total. The molecule has 5 nitrogen and oxygen atoms in total. The number of hydrogen-bond donors (Lipinski definition) is 1. The Morgan fingerprint density at radius 3 is 2.58 bits per heavy atom. The van der Waals surface area contributed by atoms with Crippen molar-refractivity contribution in [2.45, 2.75) is 30.5 Å². The molecule has 2 aliphatic heterocycles. The highest BCUT2D eigenvalue weighted by Gasteiger charge is 2.57. The molecule has 1 fully saturated rings. The van der Waals surface area contributed by atoms with Gasteiger partial charge in [-0.1, -0.05) is 47.0 Å². The number of thiocarbonyl (C=S) groups is 1. The van der Waals surface area contributed by atoms with Crippen LogP contribution in [0.5, 0.6) is 0 Å². The lowest BCUT2D eigenvalue weighted by Gasteiger charge is -2.53. The lowest BCUT2D eigenvalue weighted by molar-refractivity contribution is -0.147. The summed E-state index contributed by atoms with van der Waals surface area (Å²) in [6, 6.07) is 4.21. The molecule has 10 heteroatoms. The highest BCUT2D eigenvalue weighted by molar-refractivity contribution is 8.01. The second kappa shape index (κ2) is 7.20. The van der Waals surface area contributed by atoms with E-state index in [4.69, 9.17) is 47.0 Å². The van der Waals surface area contributed by atoms with Gasteiger partial charge in [-0.15, -0.1) is 11.8 Å². The van der Waals surface area contributed by atoms with Crippen LogP contribution in [0.2, 0.25) is 10.0 Å². The first-order chi connectivity index (χ1) is 12.1. The number of rotatable bonds is 3. The van der Waals surface area contributed by atoms with Crippen molar-refractivity contribution in [1.82, 2.24) is 4.90 Å². The molecule has 1 saturated heterocycles. The molecule has 3 rings (SSSR count). The third-order valence-corrected chi connectivity index (χ3v) is 6.95. The molecule has 2 aliphatic rings. The number of carbonyl (C=O) groups excluding carboxylic acids is 1. The number of aliphatic carboxylic acids is 1. The Labute approximate surface area is 174 Å². The molecule has 2 heterocycles. The minimum atomic E-state index is -1.23. The van der Waals surface area contributed by atoms with Crippen LogP contribution in [0.3, 0.4) is 0 Å². The molecule has 0 bridgehead atoms. The maximum atomic E-state index is 12.9. The average Bonchev–Trinajstić information content (AvgIpc) is 2.56. The number of hydrogen-bond acceptors (Lipinski definition) is 4. The van der Waals surface area contributed by atoms with Gasteiger partial charge in [-0.25, -0.2) is 4.79 Å². The zero-order chi connectivity index (χ0) is 19.3. The first-order valence-electron chi connectivity index (χ1n) is 7.51. The van der Waals surface area contributed by atoms with Gasteiger partial charge < -0.3 is 10.0 Å². The summed E-state index contributed by atoms with van der Waals surface area (Å²) in [6.45, 7) is 3.48. The minimum absolute atomic E-state index is 0.150. The molecule has 138 valence electrons. The number of carboxylic acid groups (broad SMARTS) is 1. The summed E-state index contributed by atoms with van der Waals surface area (Å²) in [6.07, 6.45) is 0. The summed E-state index contributed by atoms with van der Waals surface area (Å²) in [5.41, 5.74) is 0.332. The Kier molecular flexibility index (Phi) is 5.48. The zero-order valence-electron chi connectivity index (χ0n) is 13.6. The minimum Gasteiger partial charge on any atom is -0.477 e. The summed E-state index contributed by atoms with van der Waals surface area (Å²) in [5.74, 6) is -1.63. The first kappa shape index (κ1) is 19.8. The largest absolute Gasteiger partial charge is 0.477 e. The summed E-state index contributed by atoms with van der Waals surface area (Å²) in [4.78, 5) is 27.7. The standard InChI is InChI=1S/C16H13Cl3N2O3S2/c1-6-11(19)12(16(23)24)21-14(22)13(15(21)26-6)20(7(2)25)10-5-8(17)3-4-9(10)18/h3-6,13,15H,1-2H3,(H,23,24)/t6?,13?,15-/m1/s1. The second-order valence-electron chi connectivity index (χ2n) is 5.81. The van der Waals surface area contributed by atoms with Gasteiger partial charge in [-0.05, 0) is 32.0 Å². The third kappa shape index (κ3) is 3.10. The monoisotopic (exact) mass is 450 g/mol. The molecular weight excluding hydrogens is 439 g/mol. The average molecular weight is 452 g/mol. The number of carbonyl (C=O) groups is 2. The number of amides is 1. The van der Waals surface area contributed by atoms with Crippen molar-refractivity contribution in [3.05, 3.63) is 39.0 Å². The summed E-state index contributed by atoms with van der Waals surface area (Å²) in [5, 5.41) is 9.76. The summed E-state index contributed by atoms with van der Waals surface area (Å²) >= 11 is 25.3. The number of halogens is 3. The number of β-lactam (4-membered cyclic amide) rings is 1. The van der Waals surface area contributed by atoms with Gasteiger partial charge in [0, 0.05) is 10.3 Å². The lowest BCUT2D eigenvalue weighted by Crippen LogP contribution is -2.71. The van der Waals surface area contributed by atoms with Crippen molar-refractivity contribution in [2.75, 3.05) is 4.90 Å². The molecular formula is C16H13Cl3N2O3S2. The van der Waals surface area contributed by atoms with Crippen molar-refractivity contribution in [1.29, 1.82) is 0 Å². The van der Waals surface area contributed by atoms with Crippen LogP contribution >= 0.6 is 58.8 Å². The van der Waals surface area contributed by atoms with Gasteiger partial charge >= 0.3 is 5.97 Å². The van der Waals surface area contributed by atoms with Crippen molar-refractivity contribution >= 4 is 81.3 Å². The Bertz CT molecular complexity index is 861.